The fourth-order valence-corrected chi connectivity index (χ4v) is 9.18. The molecule has 0 aliphatic carbocycles. The summed E-state index contributed by atoms with van der Waals surface area (Å²) in [6.07, 6.45) is 0. The third-order valence-electron chi connectivity index (χ3n) is 12.5. The second-order valence-corrected chi connectivity index (χ2v) is 16.7. The van der Waals surface area contributed by atoms with Gasteiger partial charge in [0.15, 0.2) is 5.82 Å². The summed E-state index contributed by atoms with van der Waals surface area (Å²) in [5.41, 5.74) is 12.5. The lowest BCUT2D eigenvalue weighted by molar-refractivity contribution is 1.15. The number of para-hydroxylation sites is 4. The van der Waals surface area contributed by atoms with Gasteiger partial charge in [-0.1, -0.05) is 84.9 Å². The van der Waals surface area contributed by atoms with Crippen LogP contribution in [0.15, 0.2) is 224 Å². The Morgan fingerprint density at radius 3 is 1.20 bits per heavy atom. The highest BCUT2D eigenvalue weighted by Gasteiger charge is 2.23. The van der Waals surface area contributed by atoms with Gasteiger partial charge in [0.1, 0.15) is 6.07 Å². The Morgan fingerprint density at radius 1 is 0.352 bits per heavy atom. The molecule has 0 atom stereocenters. The molecular weight excluding hydrogens is 871 g/mol. The standard InChI is InChI=1S/C62H37N9/c63-38-42-21-25-44(26-22-42)57-37-58(68-62(67-57)45-27-23-43(39-64)24-28-45)54-33-47(41-66)61(34-46(54)40-65)71-59-31-29-52(69(48-13-5-1-6-14-48)49-15-7-2-8-16-49)35-55(59)56-36-53(30-32-60(56)71)70(50-17-9-3-10-18-50)51-19-11-4-12-20-51/h1-37H. The average molecular weight is 908 g/mol. The lowest BCUT2D eigenvalue weighted by Gasteiger charge is -2.26. The molecule has 9 aromatic carbocycles. The maximum absolute atomic E-state index is 11.2. The predicted molar refractivity (Wildman–Crippen MR) is 281 cm³/mol. The summed E-state index contributed by atoms with van der Waals surface area (Å²) in [5.74, 6) is 0.368. The fourth-order valence-electron chi connectivity index (χ4n) is 9.18. The number of aromatic nitrogens is 3. The van der Waals surface area contributed by atoms with E-state index in [1.807, 2.05) is 84.9 Å². The lowest BCUT2D eigenvalue weighted by atomic mass is 9.98. The van der Waals surface area contributed by atoms with Crippen LogP contribution in [0.5, 0.6) is 0 Å². The first-order valence-corrected chi connectivity index (χ1v) is 22.8. The lowest BCUT2D eigenvalue weighted by Crippen LogP contribution is -2.09. The molecule has 0 radical (unpaired) electrons. The van der Waals surface area contributed by atoms with Gasteiger partial charge in [0, 0.05) is 61.6 Å². The van der Waals surface area contributed by atoms with Crippen LogP contribution in [0.1, 0.15) is 22.3 Å². The number of nitriles is 4. The van der Waals surface area contributed by atoms with Gasteiger partial charge in [-0.05, 0) is 140 Å². The van der Waals surface area contributed by atoms with E-state index in [-0.39, 0.29) is 0 Å². The topological polar surface area (TPSA) is 132 Å². The van der Waals surface area contributed by atoms with Crippen molar-refractivity contribution in [1.29, 1.82) is 21.0 Å². The molecule has 71 heavy (non-hydrogen) atoms. The van der Waals surface area contributed by atoms with Gasteiger partial charge in [-0.2, -0.15) is 21.0 Å². The molecule has 2 heterocycles. The molecule has 330 valence electrons. The molecule has 2 aromatic heterocycles. The Bertz CT molecular complexity index is 3660. The van der Waals surface area contributed by atoms with E-state index in [1.165, 1.54) is 0 Å². The summed E-state index contributed by atoms with van der Waals surface area (Å²) >= 11 is 0. The van der Waals surface area contributed by atoms with Crippen molar-refractivity contribution in [2.24, 2.45) is 0 Å². The zero-order valence-corrected chi connectivity index (χ0v) is 37.9. The molecule has 9 heteroatoms. The first-order valence-electron chi connectivity index (χ1n) is 22.8. The van der Waals surface area contributed by atoms with Crippen molar-refractivity contribution in [1.82, 2.24) is 14.5 Å². The van der Waals surface area contributed by atoms with Crippen LogP contribution in [-0.2, 0) is 0 Å². The van der Waals surface area contributed by atoms with Gasteiger partial charge >= 0.3 is 0 Å². The molecule has 0 aliphatic heterocycles. The summed E-state index contributed by atoms with van der Waals surface area (Å²) in [5, 5.41) is 43.1. The van der Waals surface area contributed by atoms with Gasteiger partial charge < -0.3 is 14.4 Å². The van der Waals surface area contributed by atoms with E-state index in [0.29, 0.717) is 56.3 Å². The van der Waals surface area contributed by atoms with E-state index in [4.69, 9.17) is 9.97 Å². The molecule has 11 rings (SSSR count). The smallest absolute Gasteiger partial charge is 0.160 e. The predicted octanol–water partition coefficient (Wildman–Crippen LogP) is 15.0. The Morgan fingerprint density at radius 2 is 0.775 bits per heavy atom. The second-order valence-electron chi connectivity index (χ2n) is 16.7. The molecule has 0 aliphatic rings. The molecule has 0 saturated carbocycles. The number of fused-ring (bicyclic) bond motifs is 3. The van der Waals surface area contributed by atoms with Gasteiger partial charge in [0.2, 0.25) is 0 Å². The molecule has 0 unspecified atom stereocenters. The van der Waals surface area contributed by atoms with Crippen molar-refractivity contribution < 1.29 is 0 Å². The number of hydrogen-bond acceptors (Lipinski definition) is 8. The first kappa shape index (κ1) is 43.0. The van der Waals surface area contributed by atoms with Crippen LogP contribution in [0.4, 0.5) is 34.1 Å². The van der Waals surface area contributed by atoms with E-state index >= 15 is 0 Å². The van der Waals surface area contributed by atoms with E-state index in [9.17, 15) is 21.0 Å². The number of hydrogen-bond donors (Lipinski definition) is 0. The van der Waals surface area contributed by atoms with Gasteiger partial charge in [0.05, 0.1) is 68.6 Å². The van der Waals surface area contributed by atoms with E-state index in [2.05, 4.69) is 124 Å². The highest BCUT2D eigenvalue weighted by molar-refractivity contribution is 6.12. The molecule has 0 bridgehead atoms. The van der Waals surface area contributed by atoms with Crippen LogP contribution in [0.3, 0.4) is 0 Å². The fraction of sp³-hybridized carbons (Fsp3) is 0. The summed E-state index contributed by atoms with van der Waals surface area (Å²) in [7, 11) is 0. The van der Waals surface area contributed by atoms with E-state index < -0.39 is 0 Å². The van der Waals surface area contributed by atoms with Gasteiger partial charge in [-0.3, -0.25) is 0 Å². The minimum Gasteiger partial charge on any atom is -0.310 e. The second kappa shape index (κ2) is 18.6. The van der Waals surface area contributed by atoms with Crippen molar-refractivity contribution in [3.8, 4) is 63.9 Å². The van der Waals surface area contributed by atoms with Crippen LogP contribution in [-0.4, -0.2) is 14.5 Å². The van der Waals surface area contributed by atoms with Crippen LogP contribution in [0.25, 0.3) is 61.4 Å². The largest absolute Gasteiger partial charge is 0.310 e. The number of nitrogens with zero attached hydrogens (tertiary/aromatic N) is 9. The molecule has 0 spiro atoms. The van der Waals surface area contributed by atoms with Crippen molar-refractivity contribution in [2.75, 3.05) is 9.80 Å². The van der Waals surface area contributed by atoms with Crippen LogP contribution in [0.2, 0.25) is 0 Å². The summed E-state index contributed by atoms with van der Waals surface area (Å²) < 4.78 is 2.08. The Hall–Kier alpha value is -10.6. The third kappa shape index (κ3) is 8.11. The highest BCUT2D eigenvalue weighted by atomic mass is 15.1. The number of anilines is 6. The zero-order valence-electron chi connectivity index (χ0n) is 37.9. The molecule has 11 aromatic rings. The Balaban J connectivity index is 1.14. The van der Waals surface area contributed by atoms with Crippen LogP contribution >= 0.6 is 0 Å². The molecule has 0 N–H and O–H groups in total. The number of benzene rings is 9. The zero-order chi connectivity index (χ0) is 48.3. The third-order valence-corrected chi connectivity index (χ3v) is 12.5. The van der Waals surface area contributed by atoms with Crippen LogP contribution < -0.4 is 9.80 Å². The van der Waals surface area contributed by atoms with Gasteiger partial charge in [-0.15, -0.1) is 0 Å². The quantitative estimate of drug-likeness (QED) is 0.132. The normalized spacial score (nSPS) is 10.8. The van der Waals surface area contributed by atoms with Crippen molar-refractivity contribution in [3.05, 3.63) is 247 Å². The minimum atomic E-state index is 0.302. The highest BCUT2D eigenvalue weighted by Crippen LogP contribution is 2.44. The Labute approximate surface area is 410 Å². The summed E-state index contributed by atoms with van der Waals surface area (Å²) in [6.45, 7) is 0. The molecule has 0 saturated heterocycles. The average Bonchev–Trinajstić information content (AvgIpc) is 3.76. The van der Waals surface area contributed by atoms with Gasteiger partial charge in [0.25, 0.3) is 0 Å². The first-order chi connectivity index (χ1) is 35.0. The molecule has 0 fully saturated rings. The van der Waals surface area contributed by atoms with Crippen molar-refractivity contribution in [3.63, 3.8) is 0 Å². The SMILES string of the molecule is N#Cc1ccc(-c2cc(-c3cc(C#N)c(-n4c5ccc(N(c6ccccc6)c6ccccc6)cc5c5cc(N(c6ccccc6)c6ccccc6)ccc54)cc3C#N)nc(-c3ccc(C#N)cc3)n2)cc1. The van der Waals surface area contributed by atoms with Crippen molar-refractivity contribution in [2.45, 2.75) is 0 Å². The minimum absolute atomic E-state index is 0.302. The monoisotopic (exact) mass is 907 g/mol. The maximum Gasteiger partial charge on any atom is 0.160 e. The summed E-state index contributed by atoms with van der Waals surface area (Å²) in [6, 6.07) is 82.5. The molecule has 9 nitrogen and oxygen atoms in total. The molecular formula is C62H37N9. The van der Waals surface area contributed by atoms with E-state index in [1.54, 1.807) is 54.6 Å². The van der Waals surface area contributed by atoms with Gasteiger partial charge in [-0.25, -0.2) is 9.97 Å². The van der Waals surface area contributed by atoms with Crippen LogP contribution in [0, 0.1) is 45.3 Å². The molecule has 0 amide bonds. The van der Waals surface area contributed by atoms with Crippen molar-refractivity contribution >= 4 is 55.9 Å². The number of rotatable bonds is 10. The Kier molecular flexibility index (Phi) is 11.3. The maximum atomic E-state index is 11.2. The summed E-state index contributed by atoms with van der Waals surface area (Å²) in [4.78, 5) is 14.4. The van der Waals surface area contributed by atoms with E-state index in [0.717, 1.165) is 61.5 Å².